The van der Waals surface area contributed by atoms with E-state index in [-0.39, 0.29) is 17.1 Å². The van der Waals surface area contributed by atoms with Gasteiger partial charge in [-0.1, -0.05) is 36.4 Å². The maximum atomic E-state index is 13.3. The molecule has 0 saturated carbocycles. The van der Waals surface area contributed by atoms with Gasteiger partial charge in [-0.25, -0.2) is 8.42 Å². The number of nitrogens with zero attached hydrogens (tertiary/aromatic N) is 2. The molecular formula is C21H23N3O5S. The standard InChI is InChI=1S/C21H23N3O5S/c1-23(2)18-7-3-6-17-16(18)5-4-8-20(17)30(28,29)24(22)19(21(26)27)13-14-9-11-15(25)12-10-14/h3-12,19,25H,13,22H2,1-2H3,(H,26,27)/t19-/m0/s1. The monoisotopic (exact) mass is 429 g/mol. The highest BCUT2D eigenvalue weighted by molar-refractivity contribution is 7.89. The highest BCUT2D eigenvalue weighted by Crippen LogP contribution is 2.31. The first kappa shape index (κ1) is 21.6. The fourth-order valence-electron chi connectivity index (χ4n) is 3.30. The summed E-state index contributed by atoms with van der Waals surface area (Å²) in [7, 11) is -0.617. The van der Waals surface area contributed by atoms with Gasteiger partial charge in [0.25, 0.3) is 10.0 Å². The van der Waals surface area contributed by atoms with Crippen LogP contribution in [0.1, 0.15) is 5.56 Å². The number of phenols is 1. The van der Waals surface area contributed by atoms with Gasteiger partial charge < -0.3 is 15.1 Å². The Hall–Kier alpha value is -3.14. The Morgan fingerprint density at radius 1 is 1.00 bits per heavy atom. The van der Waals surface area contributed by atoms with Crippen LogP contribution in [0.15, 0.2) is 65.6 Å². The Morgan fingerprint density at radius 2 is 1.60 bits per heavy atom. The molecule has 3 aromatic rings. The smallest absolute Gasteiger partial charge is 0.323 e. The van der Waals surface area contributed by atoms with Crippen molar-refractivity contribution in [3.8, 4) is 5.75 Å². The van der Waals surface area contributed by atoms with Crippen LogP contribution in [0.5, 0.6) is 5.75 Å². The minimum atomic E-state index is -4.32. The fraction of sp³-hybridized carbons (Fsp3) is 0.190. The summed E-state index contributed by atoms with van der Waals surface area (Å²) in [6, 6.07) is 14.4. The van der Waals surface area contributed by atoms with Gasteiger partial charge >= 0.3 is 5.97 Å². The number of carboxylic acids is 1. The Morgan fingerprint density at radius 3 is 2.20 bits per heavy atom. The zero-order valence-corrected chi connectivity index (χ0v) is 17.4. The van der Waals surface area contributed by atoms with Crippen LogP contribution >= 0.6 is 0 Å². The Bertz CT molecular complexity index is 1180. The van der Waals surface area contributed by atoms with E-state index in [9.17, 15) is 23.4 Å². The number of aliphatic carboxylic acids is 1. The average Bonchev–Trinajstić information content (AvgIpc) is 2.71. The van der Waals surface area contributed by atoms with Gasteiger partial charge in [0.1, 0.15) is 11.8 Å². The van der Waals surface area contributed by atoms with Crippen molar-refractivity contribution in [1.29, 1.82) is 0 Å². The molecule has 0 aliphatic heterocycles. The molecule has 0 radical (unpaired) electrons. The summed E-state index contributed by atoms with van der Waals surface area (Å²) >= 11 is 0. The molecule has 0 spiro atoms. The molecule has 9 heteroatoms. The van der Waals surface area contributed by atoms with E-state index in [4.69, 9.17) is 5.84 Å². The van der Waals surface area contributed by atoms with Gasteiger partial charge in [-0.3, -0.25) is 10.6 Å². The third-order valence-corrected chi connectivity index (χ3v) is 6.58. The van der Waals surface area contributed by atoms with Crippen molar-refractivity contribution in [3.05, 3.63) is 66.2 Å². The largest absolute Gasteiger partial charge is 0.508 e. The van der Waals surface area contributed by atoms with E-state index >= 15 is 0 Å². The number of phenolic OH excluding ortho intramolecular Hbond substituents is 1. The number of aromatic hydroxyl groups is 1. The summed E-state index contributed by atoms with van der Waals surface area (Å²) in [5, 5.41) is 20.2. The van der Waals surface area contributed by atoms with Gasteiger partial charge in [0.15, 0.2) is 0 Å². The number of carboxylic acid groups (broad SMARTS) is 1. The fourth-order valence-corrected chi connectivity index (χ4v) is 4.74. The van der Waals surface area contributed by atoms with Crippen molar-refractivity contribution < 1.29 is 23.4 Å². The van der Waals surface area contributed by atoms with Gasteiger partial charge in [-0.2, -0.15) is 0 Å². The highest BCUT2D eigenvalue weighted by atomic mass is 32.2. The number of sulfonamides is 1. The maximum absolute atomic E-state index is 13.3. The summed E-state index contributed by atoms with van der Waals surface area (Å²) in [6.45, 7) is 0. The van der Waals surface area contributed by atoms with Crippen molar-refractivity contribution in [2.45, 2.75) is 17.4 Å². The molecule has 0 fully saturated rings. The predicted molar refractivity (Wildman–Crippen MR) is 115 cm³/mol. The quantitative estimate of drug-likeness (QED) is 0.388. The highest BCUT2D eigenvalue weighted by Gasteiger charge is 2.35. The van der Waals surface area contributed by atoms with Crippen molar-refractivity contribution in [2.75, 3.05) is 19.0 Å². The van der Waals surface area contributed by atoms with E-state index in [1.807, 2.05) is 25.1 Å². The third-order valence-electron chi connectivity index (χ3n) is 4.85. The van der Waals surface area contributed by atoms with Crippen molar-refractivity contribution in [1.82, 2.24) is 4.41 Å². The molecule has 0 amide bonds. The molecule has 3 rings (SSSR count). The number of rotatable bonds is 7. The summed E-state index contributed by atoms with van der Waals surface area (Å²) in [6.07, 6.45) is -0.154. The number of hydrogen-bond acceptors (Lipinski definition) is 6. The molecule has 4 N–H and O–H groups in total. The molecule has 158 valence electrons. The lowest BCUT2D eigenvalue weighted by atomic mass is 10.1. The van der Waals surface area contributed by atoms with E-state index < -0.39 is 22.0 Å². The molecule has 8 nitrogen and oxygen atoms in total. The van der Waals surface area contributed by atoms with Gasteiger partial charge in [0.2, 0.25) is 0 Å². The van der Waals surface area contributed by atoms with E-state index in [1.54, 1.807) is 24.3 Å². The van der Waals surface area contributed by atoms with Crippen LogP contribution in [0.25, 0.3) is 10.8 Å². The molecular weight excluding hydrogens is 406 g/mol. The lowest BCUT2D eigenvalue weighted by Gasteiger charge is -2.25. The van der Waals surface area contributed by atoms with Gasteiger partial charge in [0, 0.05) is 37.0 Å². The molecule has 0 aromatic heterocycles. The minimum absolute atomic E-state index is 0.0234. The Labute approximate surface area is 174 Å². The molecule has 0 aliphatic rings. The van der Waals surface area contributed by atoms with Crippen LogP contribution in [0.4, 0.5) is 5.69 Å². The number of hydrazine groups is 1. The Kier molecular flexibility index (Phi) is 5.97. The van der Waals surface area contributed by atoms with E-state index in [2.05, 4.69) is 0 Å². The predicted octanol–water partition coefficient (Wildman–Crippen LogP) is 2.17. The number of benzene rings is 3. The molecule has 0 aliphatic carbocycles. The van der Waals surface area contributed by atoms with Crippen LogP contribution in [-0.4, -0.2) is 49.2 Å². The van der Waals surface area contributed by atoms with Crippen molar-refractivity contribution >= 4 is 32.5 Å². The number of nitrogens with two attached hydrogens (primary N) is 1. The number of carbonyl (C=O) groups is 1. The summed E-state index contributed by atoms with van der Waals surface area (Å²) in [5.74, 6) is 4.55. The second-order valence-electron chi connectivity index (χ2n) is 7.08. The SMILES string of the molecule is CN(C)c1cccc2c(S(=O)(=O)N(N)[C@@H](Cc3ccc(O)cc3)C(=O)O)cccc12. The second kappa shape index (κ2) is 8.31. The first-order chi connectivity index (χ1) is 14.1. The van der Waals surface area contributed by atoms with Crippen LogP contribution in [0, 0.1) is 0 Å². The van der Waals surface area contributed by atoms with Crippen LogP contribution in [0.3, 0.4) is 0 Å². The van der Waals surface area contributed by atoms with E-state index in [0.29, 0.717) is 20.8 Å². The lowest BCUT2D eigenvalue weighted by Crippen LogP contribution is -2.50. The zero-order valence-electron chi connectivity index (χ0n) is 16.6. The number of hydrogen-bond donors (Lipinski definition) is 3. The number of anilines is 1. The summed E-state index contributed by atoms with van der Waals surface area (Å²) < 4.78 is 27.0. The molecule has 0 heterocycles. The van der Waals surface area contributed by atoms with Crippen molar-refractivity contribution in [3.63, 3.8) is 0 Å². The summed E-state index contributed by atoms with van der Waals surface area (Å²) in [5.41, 5.74) is 1.35. The van der Waals surface area contributed by atoms with Gasteiger partial charge in [-0.15, -0.1) is 4.41 Å². The zero-order chi connectivity index (χ0) is 22.1. The number of fused-ring (bicyclic) bond motifs is 1. The molecule has 30 heavy (non-hydrogen) atoms. The van der Waals surface area contributed by atoms with E-state index in [1.165, 1.54) is 30.3 Å². The topological polar surface area (TPSA) is 124 Å². The maximum Gasteiger partial charge on any atom is 0.323 e. The van der Waals surface area contributed by atoms with Crippen LogP contribution in [-0.2, 0) is 21.2 Å². The first-order valence-corrected chi connectivity index (χ1v) is 10.6. The normalized spacial score (nSPS) is 12.8. The molecule has 0 unspecified atom stereocenters. The molecule has 3 aromatic carbocycles. The molecule has 1 atom stereocenters. The molecule has 0 saturated heterocycles. The van der Waals surface area contributed by atoms with Crippen molar-refractivity contribution in [2.24, 2.45) is 5.84 Å². The summed E-state index contributed by atoms with van der Waals surface area (Å²) in [4.78, 5) is 13.7. The Balaban J connectivity index is 2.05. The van der Waals surface area contributed by atoms with Crippen LogP contribution in [0.2, 0.25) is 0 Å². The lowest BCUT2D eigenvalue weighted by molar-refractivity contribution is -0.141. The second-order valence-corrected chi connectivity index (χ2v) is 8.89. The first-order valence-electron chi connectivity index (χ1n) is 9.12. The average molecular weight is 429 g/mol. The van der Waals surface area contributed by atoms with Gasteiger partial charge in [0.05, 0.1) is 4.90 Å². The minimum Gasteiger partial charge on any atom is -0.508 e. The molecule has 0 bridgehead atoms. The van der Waals surface area contributed by atoms with Gasteiger partial charge in [-0.05, 0) is 29.8 Å². The third kappa shape index (κ3) is 4.09. The van der Waals surface area contributed by atoms with Crippen LogP contribution < -0.4 is 10.7 Å². The van der Waals surface area contributed by atoms with E-state index in [0.717, 1.165) is 5.69 Å².